The van der Waals surface area contributed by atoms with Crippen molar-refractivity contribution in [2.75, 3.05) is 23.3 Å². The van der Waals surface area contributed by atoms with Gasteiger partial charge in [-0.25, -0.2) is 9.78 Å². The van der Waals surface area contributed by atoms with Crippen LogP contribution in [0.3, 0.4) is 0 Å². The Morgan fingerprint density at radius 3 is 2.58 bits per heavy atom. The predicted octanol–water partition coefficient (Wildman–Crippen LogP) is 5.11. The van der Waals surface area contributed by atoms with Gasteiger partial charge in [-0.05, 0) is 78.5 Å². The zero-order valence-electron chi connectivity index (χ0n) is 19.4. The number of pyridine rings is 1. The number of piperidine rings is 1. The highest BCUT2D eigenvalue weighted by molar-refractivity contribution is 14.1. The van der Waals surface area contributed by atoms with Gasteiger partial charge in [-0.2, -0.15) is 0 Å². The van der Waals surface area contributed by atoms with E-state index in [1.54, 1.807) is 28.7 Å². The molecule has 1 aliphatic heterocycles. The van der Waals surface area contributed by atoms with E-state index >= 15 is 0 Å². The molecule has 3 aromatic rings. The van der Waals surface area contributed by atoms with E-state index in [4.69, 9.17) is 4.98 Å². The largest absolute Gasteiger partial charge is 0.478 e. The van der Waals surface area contributed by atoms with Crippen molar-refractivity contribution in [1.29, 1.82) is 0 Å². The smallest absolute Gasteiger partial charge is 0.337 e. The fourth-order valence-corrected chi connectivity index (χ4v) is 5.06. The number of hydrogen-bond acceptors (Lipinski definition) is 5. The highest BCUT2D eigenvalue weighted by Crippen LogP contribution is 2.33. The molecule has 1 saturated heterocycles. The van der Waals surface area contributed by atoms with E-state index in [-0.39, 0.29) is 17.2 Å². The zero-order valence-corrected chi connectivity index (χ0v) is 21.5. The van der Waals surface area contributed by atoms with Crippen LogP contribution in [0.15, 0.2) is 41.3 Å². The number of carboxylic acids is 1. The second-order valence-electron chi connectivity index (χ2n) is 9.59. The highest BCUT2D eigenvalue weighted by Gasteiger charge is 2.28. The first-order chi connectivity index (χ1) is 15.6. The van der Waals surface area contributed by atoms with Gasteiger partial charge in [-0.3, -0.25) is 9.20 Å². The maximum atomic E-state index is 13.3. The molecular formula is C25H29IN4O3. The Bertz CT molecular complexity index is 1270. The number of hydrogen-bond donors (Lipinski definition) is 2. The molecule has 33 heavy (non-hydrogen) atoms. The van der Waals surface area contributed by atoms with Crippen LogP contribution in [0.1, 0.15) is 61.1 Å². The predicted molar refractivity (Wildman–Crippen MR) is 140 cm³/mol. The number of aromatic carboxylic acids is 1. The number of anilines is 2. The quantitative estimate of drug-likeness (QED) is 0.422. The van der Waals surface area contributed by atoms with Gasteiger partial charge in [0.1, 0.15) is 15.0 Å². The van der Waals surface area contributed by atoms with Crippen LogP contribution in [0.2, 0.25) is 0 Å². The Labute approximate surface area is 207 Å². The maximum absolute atomic E-state index is 13.3. The number of halogens is 1. The molecule has 0 spiro atoms. The van der Waals surface area contributed by atoms with Gasteiger partial charge in [0.15, 0.2) is 0 Å². The van der Waals surface area contributed by atoms with E-state index in [2.05, 4.69) is 46.7 Å². The molecule has 1 aromatic carbocycles. The summed E-state index contributed by atoms with van der Waals surface area (Å²) in [5, 5.41) is 12.9. The number of fused-ring (bicyclic) bond motifs is 1. The minimum atomic E-state index is -0.987. The Kier molecular flexibility index (Phi) is 6.39. The van der Waals surface area contributed by atoms with Crippen LogP contribution in [0, 0.1) is 15.9 Å². The van der Waals surface area contributed by atoms with Crippen LogP contribution >= 0.6 is 22.6 Å². The van der Waals surface area contributed by atoms with Crippen molar-refractivity contribution < 1.29 is 9.90 Å². The molecule has 0 saturated carbocycles. The van der Waals surface area contributed by atoms with E-state index in [1.165, 1.54) is 0 Å². The number of aromatic nitrogens is 2. The number of nitrogens with zero attached hydrogens (tertiary/aromatic N) is 3. The molecule has 0 radical (unpaired) electrons. The van der Waals surface area contributed by atoms with Gasteiger partial charge in [-0.1, -0.05) is 26.0 Å². The van der Waals surface area contributed by atoms with Crippen molar-refractivity contribution >= 4 is 45.7 Å². The van der Waals surface area contributed by atoms with Gasteiger partial charge >= 0.3 is 5.97 Å². The second kappa shape index (κ2) is 8.96. The van der Waals surface area contributed by atoms with Crippen molar-refractivity contribution in [2.45, 2.75) is 46.6 Å². The first kappa shape index (κ1) is 23.5. The van der Waals surface area contributed by atoms with Gasteiger partial charge in [0.05, 0.1) is 11.6 Å². The van der Waals surface area contributed by atoms with Gasteiger partial charge in [-0.15, -0.1) is 0 Å². The Morgan fingerprint density at radius 1 is 1.24 bits per heavy atom. The van der Waals surface area contributed by atoms with Crippen LogP contribution in [0.5, 0.6) is 0 Å². The fraction of sp³-hybridized carbons (Fsp3) is 0.400. The summed E-state index contributed by atoms with van der Waals surface area (Å²) < 4.78 is 2.24. The summed E-state index contributed by atoms with van der Waals surface area (Å²) in [7, 11) is 0. The molecule has 2 aromatic heterocycles. The monoisotopic (exact) mass is 560 g/mol. The summed E-state index contributed by atoms with van der Waals surface area (Å²) in [6.45, 7) is 10.2. The molecule has 0 aliphatic carbocycles. The van der Waals surface area contributed by atoms with Crippen LogP contribution in [0.25, 0.3) is 5.65 Å². The van der Waals surface area contributed by atoms with E-state index in [1.807, 2.05) is 26.1 Å². The third-order valence-electron chi connectivity index (χ3n) is 6.43. The number of aryl methyl sites for hydroxylation is 1. The van der Waals surface area contributed by atoms with E-state index in [9.17, 15) is 14.7 Å². The summed E-state index contributed by atoms with van der Waals surface area (Å²) in [6, 6.07) is 8.58. The average Bonchev–Trinajstić information content (AvgIpc) is 2.76. The normalized spacial score (nSPS) is 16.6. The molecule has 1 atom stereocenters. The van der Waals surface area contributed by atoms with Gasteiger partial charge in [0.2, 0.25) is 0 Å². The van der Waals surface area contributed by atoms with Crippen molar-refractivity contribution in [3.8, 4) is 0 Å². The number of para-hydroxylation sites is 1. The minimum absolute atomic E-state index is 0.0801. The number of carboxylic acid groups (broad SMARTS) is 1. The lowest BCUT2D eigenvalue weighted by atomic mass is 9.83. The summed E-state index contributed by atoms with van der Waals surface area (Å²) in [5.74, 6) is -0.252. The summed E-state index contributed by atoms with van der Waals surface area (Å²) >= 11 is 2.12. The maximum Gasteiger partial charge on any atom is 0.337 e. The Morgan fingerprint density at radius 2 is 1.91 bits per heavy atom. The zero-order chi connectivity index (χ0) is 23.9. The Hall–Kier alpha value is -2.62. The lowest BCUT2D eigenvalue weighted by Crippen LogP contribution is -2.39. The molecule has 1 fully saturated rings. The highest BCUT2D eigenvalue weighted by atomic mass is 127. The third kappa shape index (κ3) is 4.71. The first-order valence-corrected chi connectivity index (χ1v) is 12.2. The fourth-order valence-electron chi connectivity index (χ4n) is 4.33. The summed E-state index contributed by atoms with van der Waals surface area (Å²) in [6.07, 6.45) is 3.92. The third-order valence-corrected chi connectivity index (χ3v) is 7.37. The molecule has 8 heteroatoms. The van der Waals surface area contributed by atoms with Gasteiger partial charge < -0.3 is 15.3 Å². The Balaban J connectivity index is 1.80. The van der Waals surface area contributed by atoms with Crippen LogP contribution < -0.4 is 15.8 Å². The van der Waals surface area contributed by atoms with Crippen LogP contribution in [-0.4, -0.2) is 33.6 Å². The molecule has 2 N–H and O–H groups in total. The summed E-state index contributed by atoms with van der Waals surface area (Å²) in [5.41, 5.74) is 3.34. The topological polar surface area (TPSA) is 86.9 Å². The van der Waals surface area contributed by atoms with Gasteiger partial charge in [0, 0.05) is 30.5 Å². The SMILES string of the molecule is Cc1cc([C@@H](C)Nc2ccccc2C(=O)O)c2nc(N3CCC(C)(C)CC3)c(I)c(=O)n2c1. The van der Waals surface area contributed by atoms with Crippen molar-refractivity contribution in [3.63, 3.8) is 0 Å². The molecule has 1 aliphatic rings. The van der Waals surface area contributed by atoms with E-state index in [0.29, 0.717) is 20.3 Å². The second-order valence-corrected chi connectivity index (χ2v) is 10.7. The number of nitrogens with one attached hydrogen (secondary N) is 1. The number of benzene rings is 1. The molecule has 0 unspecified atom stereocenters. The first-order valence-electron chi connectivity index (χ1n) is 11.1. The van der Waals surface area contributed by atoms with E-state index in [0.717, 1.165) is 42.9 Å². The average molecular weight is 560 g/mol. The lowest BCUT2D eigenvalue weighted by molar-refractivity contribution is 0.0698. The van der Waals surface area contributed by atoms with Crippen molar-refractivity contribution in [1.82, 2.24) is 9.38 Å². The van der Waals surface area contributed by atoms with Crippen LogP contribution in [0.4, 0.5) is 11.5 Å². The van der Waals surface area contributed by atoms with E-state index < -0.39 is 5.97 Å². The molecule has 0 amide bonds. The van der Waals surface area contributed by atoms with Crippen molar-refractivity contribution in [2.24, 2.45) is 5.41 Å². The standard InChI is InChI=1S/C25H29IN4O3/c1-15-13-18(16(2)27-19-8-6-5-7-17(19)24(32)33)21-28-22(20(26)23(31)30(21)14-15)29-11-9-25(3,4)10-12-29/h5-8,13-14,16,27H,9-12H2,1-4H3,(H,32,33)/t16-/m1/s1. The van der Waals surface area contributed by atoms with Gasteiger partial charge in [0.25, 0.3) is 5.56 Å². The summed E-state index contributed by atoms with van der Waals surface area (Å²) in [4.78, 5) is 32.2. The molecular weight excluding hydrogens is 531 g/mol. The molecule has 7 nitrogen and oxygen atoms in total. The molecule has 3 heterocycles. The molecule has 4 rings (SSSR count). The lowest BCUT2D eigenvalue weighted by Gasteiger charge is -2.37. The molecule has 174 valence electrons. The number of rotatable bonds is 5. The minimum Gasteiger partial charge on any atom is -0.478 e. The van der Waals surface area contributed by atoms with Crippen molar-refractivity contribution in [3.05, 3.63) is 67.1 Å². The molecule has 0 bridgehead atoms. The number of carbonyl (C=O) groups is 1. The van der Waals surface area contributed by atoms with Crippen LogP contribution in [-0.2, 0) is 0 Å².